The summed E-state index contributed by atoms with van der Waals surface area (Å²) in [5, 5.41) is 0. The third-order valence-corrected chi connectivity index (χ3v) is 14.2. The minimum Gasteiger partial charge on any atom is -0.497 e. The highest BCUT2D eigenvalue weighted by Crippen LogP contribution is 2.57. The van der Waals surface area contributed by atoms with Crippen molar-refractivity contribution in [2.75, 3.05) is 41.1 Å². The van der Waals surface area contributed by atoms with Gasteiger partial charge in [0.2, 0.25) is 0 Å². The average Bonchev–Trinajstić information content (AvgIpc) is 3.70. The number of nitrogens with one attached hydrogen (secondary N) is 1. The van der Waals surface area contributed by atoms with Crippen LogP contribution in [0.1, 0.15) is 86.8 Å². The van der Waals surface area contributed by atoms with Crippen LogP contribution in [0.4, 0.5) is 0 Å². The van der Waals surface area contributed by atoms with Gasteiger partial charge in [-0.15, -0.1) is 0 Å². The van der Waals surface area contributed by atoms with E-state index in [2.05, 4.69) is 4.98 Å². The summed E-state index contributed by atoms with van der Waals surface area (Å²) < 4.78 is 62.3. The monoisotopic (exact) mass is 926 g/mol. The van der Waals surface area contributed by atoms with Crippen molar-refractivity contribution in [3.05, 3.63) is 158 Å². The second-order valence-corrected chi connectivity index (χ2v) is 18.9. The Morgan fingerprint density at radius 3 is 1.79 bits per heavy atom. The summed E-state index contributed by atoms with van der Waals surface area (Å²) in [7, 11) is 0.510. The highest BCUT2D eigenvalue weighted by Gasteiger charge is 2.48. The highest BCUT2D eigenvalue weighted by molar-refractivity contribution is 7.51. The molecule has 0 radical (unpaired) electrons. The van der Waals surface area contributed by atoms with Gasteiger partial charge < -0.3 is 28.6 Å². The molecule has 1 aliphatic rings. The van der Waals surface area contributed by atoms with Crippen molar-refractivity contribution in [1.82, 2.24) is 19.1 Å². The van der Waals surface area contributed by atoms with Gasteiger partial charge in [-0.25, -0.2) is 14.0 Å². The molecule has 15 nitrogen and oxygen atoms in total. The fraction of sp³-hybridized carbons (Fsp3) is 0.420. The van der Waals surface area contributed by atoms with Crippen molar-refractivity contribution < 1.29 is 42.1 Å². The fourth-order valence-corrected chi connectivity index (χ4v) is 10.8. The van der Waals surface area contributed by atoms with Crippen molar-refractivity contribution in [2.45, 2.75) is 97.0 Å². The van der Waals surface area contributed by atoms with Crippen LogP contribution < -0.4 is 25.5 Å². The second kappa shape index (κ2) is 21.8. The first kappa shape index (κ1) is 49.9. The molecule has 0 bridgehead atoms. The van der Waals surface area contributed by atoms with Gasteiger partial charge in [0, 0.05) is 48.4 Å². The Bertz CT molecular complexity index is 2470. The number of benzene rings is 4. The summed E-state index contributed by atoms with van der Waals surface area (Å²) in [6, 6.07) is 31.0. The van der Waals surface area contributed by atoms with E-state index in [0.717, 1.165) is 16.7 Å². The van der Waals surface area contributed by atoms with Crippen LogP contribution in [-0.4, -0.2) is 96.4 Å². The lowest BCUT2D eigenvalue weighted by molar-refractivity contribution is -0.0939. The number of amides is 1. The molecule has 0 saturated carbocycles. The number of H-pyrrole nitrogens is 1. The van der Waals surface area contributed by atoms with Crippen LogP contribution in [0.15, 0.2) is 119 Å². The first-order valence-corrected chi connectivity index (χ1v) is 23.7. The number of ether oxygens (including phenoxy) is 5. The van der Waals surface area contributed by atoms with Gasteiger partial charge in [-0.2, -0.15) is 0 Å². The van der Waals surface area contributed by atoms with Crippen molar-refractivity contribution in [2.24, 2.45) is 0 Å². The number of methoxy groups -OCH3 is 3. The van der Waals surface area contributed by atoms with E-state index in [-0.39, 0.29) is 50.2 Å². The Kier molecular flexibility index (Phi) is 16.5. The van der Waals surface area contributed by atoms with Gasteiger partial charge in [0.25, 0.3) is 11.5 Å². The number of carbonyl (C=O) groups excluding carboxylic acids is 1. The average molecular weight is 927 g/mol. The van der Waals surface area contributed by atoms with Crippen molar-refractivity contribution in [3.8, 4) is 17.2 Å². The number of hydrogen-bond donors (Lipinski definition) is 1. The van der Waals surface area contributed by atoms with Gasteiger partial charge in [0.15, 0.2) is 0 Å². The Balaban J connectivity index is 1.40. The van der Waals surface area contributed by atoms with Gasteiger partial charge in [-0.1, -0.05) is 54.6 Å². The summed E-state index contributed by atoms with van der Waals surface area (Å²) in [4.78, 5) is 43.7. The van der Waals surface area contributed by atoms with E-state index in [4.69, 9.17) is 32.7 Å². The molecule has 1 aliphatic heterocycles. The predicted octanol–water partition coefficient (Wildman–Crippen LogP) is 8.35. The number of aryl methyl sites for hydroxylation is 1. The normalized spacial score (nSPS) is 17.3. The molecule has 66 heavy (non-hydrogen) atoms. The molecule has 6 rings (SSSR count). The lowest BCUT2D eigenvalue weighted by atomic mass is 9.80. The number of aromatic nitrogens is 2. The Morgan fingerprint density at radius 1 is 0.773 bits per heavy atom. The number of hydrogen-bond acceptors (Lipinski definition) is 11. The largest absolute Gasteiger partial charge is 0.497 e. The zero-order valence-corrected chi connectivity index (χ0v) is 40.4. The van der Waals surface area contributed by atoms with E-state index in [0.29, 0.717) is 28.4 Å². The first-order valence-electron chi connectivity index (χ1n) is 22.2. The molecule has 5 aromatic rings. The van der Waals surface area contributed by atoms with Crippen LogP contribution in [0.5, 0.6) is 17.2 Å². The first-order chi connectivity index (χ1) is 31.5. The molecule has 16 heteroatoms. The molecule has 1 fully saturated rings. The Labute approximate surface area is 387 Å². The van der Waals surface area contributed by atoms with Crippen LogP contribution in [-0.2, 0) is 28.7 Å². The molecule has 1 N–H and O–H groups in total. The van der Waals surface area contributed by atoms with Gasteiger partial charge in [-0.3, -0.25) is 28.2 Å². The van der Waals surface area contributed by atoms with Crippen LogP contribution in [0.3, 0.4) is 0 Å². The standard InChI is InChI=1S/C50H63N4O11P/c1-33(2)52(48(56)37-16-22-41(59-8)23-17-37)28-29-63-66(58,54(34(3)4)35(5)6)65-44-30-46(53-31-36(7)47(55)51-49(53)57)64-45(44)32-62-50(38-14-12-11-13-15-38,39-18-24-42(60-9)25-19-39)40-20-26-43(61-10)27-21-40/h11-27,31,33-35,44-46H,28-30,32H2,1-10H3,(H,51,55,57)/t44-,45+,46+,66?/m0/s1. The van der Waals surface area contributed by atoms with E-state index in [1.165, 1.54) is 10.8 Å². The van der Waals surface area contributed by atoms with E-state index in [1.807, 2.05) is 120 Å². The van der Waals surface area contributed by atoms with Crippen LogP contribution in [0.2, 0.25) is 0 Å². The quantitative estimate of drug-likeness (QED) is 0.0555. The molecular weight excluding hydrogens is 864 g/mol. The van der Waals surface area contributed by atoms with E-state index in [1.54, 1.807) is 62.1 Å². The maximum Gasteiger partial charge on any atom is 0.409 e. The van der Waals surface area contributed by atoms with Crippen LogP contribution in [0, 0.1) is 6.92 Å². The maximum absolute atomic E-state index is 15.7. The lowest BCUT2D eigenvalue weighted by Gasteiger charge is -2.39. The molecule has 0 aliphatic carbocycles. The Hall–Kier alpha value is -5.54. The molecule has 1 aromatic heterocycles. The summed E-state index contributed by atoms with van der Waals surface area (Å²) in [5.74, 6) is 1.72. The third-order valence-electron chi connectivity index (χ3n) is 11.7. The second-order valence-electron chi connectivity index (χ2n) is 17.0. The molecular formula is C50H63N4O11P. The topological polar surface area (TPSA) is 160 Å². The molecule has 4 atom stereocenters. The fourth-order valence-electron chi connectivity index (χ4n) is 8.45. The van der Waals surface area contributed by atoms with Crippen LogP contribution >= 0.6 is 7.75 Å². The molecule has 2 heterocycles. The Morgan fingerprint density at radius 2 is 1.29 bits per heavy atom. The van der Waals surface area contributed by atoms with E-state index < -0.39 is 43.0 Å². The highest BCUT2D eigenvalue weighted by atomic mass is 31.2. The third kappa shape index (κ3) is 11.0. The summed E-state index contributed by atoms with van der Waals surface area (Å²) in [6.45, 7) is 12.9. The van der Waals surface area contributed by atoms with E-state index >= 15 is 4.57 Å². The number of aromatic amines is 1. The maximum atomic E-state index is 15.7. The SMILES string of the molecule is COc1ccc(C(=O)N(CCOP(=O)(O[C@H]2C[C@H](n3cc(C)c(=O)[nH]c3=O)O[C@@H]2COC(c2ccccc2)(c2ccc(OC)cc2)c2ccc(OC)cc2)N(C(C)C)C(C)C)C(C)C)cc1. The zero-order chi connectivity index (χ0) is 47.8. The smallest absolute Gasteiger partial charge is 0.409 e. The molecule has 0 spiro atoms. The summed E-state index contributed by atoms with van der Waals surface area (Å²) >= 11 is 0. The van der Waals surface area contributed by atoms with Crippen molar-refractivity contribution >= 4 is 13.7 Å². The molecule has 1 unspecified atom stereocenters. The molecule has 1 amide bonds. The molecule has 1 saturated heterocycles. The zero-order valence-electron chi connectivity index (χ0n) is 39.5. The lowest BCUT2D eigenvalue weighted by Crippen LogP contribution is -2.42. The number of nitrogens with zero attached hydrogens (tertiary/aromatic N) is 3. The molecule has 4 aromatic carbocycles. The number of rotatable bonds is 21. The van der Waals surface area contributed by atoms with Gasteiger partial charge >= 0.3 is 13.4 Å². The summed E-state index contributed by atoms with van der Waals surface area (Å²) in [6.07, 6.45) is -1.41. The van der Waals surface area contributed by atoms with Crippen LogP contribution in [0.25, 0.3) is 0 Å². The predicted molar refractivity (Wildman–Crippen MR) is 253 cm³/mol. The van der Waals surface area contributed by atoms with Crippen molar-refractivity contribution in [1.29, 1.82) is 0 Å². The van der Waals surface area contributed by atoms with Gasteiger partial charge in [0.05, 0.1) is 34.5 Å². The van der Waals surface area contributed by atoms with Crippen molar-refractivity contribution in [3.63, 3.8) is 0 Å². The van der Waals surface area contributed by atoms with E-state index in [9.17, 15) is 14.4 Å². The number of carbonyl (C=O) groups is 1. The minimum absolute atomic E-state index is 0.0360. The van der Waals surface area contributed by atoms with Gasteiger partial charge in [-0.05, 0) is 114 Å². The minimum atomic E-state index is -4.26. The summed E-state index contributed by atoms with van der Waals surface area (Å²) in [5.41, 5.74) is 0.681. The van der Waals surface area contributed by atoms with Gasteiger partial charge in [0.1, 0.15) is 41.3 Å². The molecule has 354 valence electrons.